The molecule has 23 heavy (non-hydrogen) atoms. The molecule has 3 aromatic rings. The Hall–Kier alpha value is -2.09. The molecule has 3 aromatic carbocycles. The van der Waals surface area contributed by atoms with Gasteiger partial charge in [-0.05, 0) is 53.6 Å². The molecule has 0 saturated carbocycles. The fraction of sp³-hybridized carbons (Fsp3) is 0.0500. The van der Waals surface area contributed by atoms with Crippen molar-refractivity contribution in [2.24, 2.45) is 0 Å². The number of allylic oxidation sites excluding steroid dienone is 1. The average Bonchev–Trinajstić information content (AvgIpc) is 2.51. The lowest BCUT2D eigenvalue weighted by atomic mass is 10.0. The van der Waals surface area contributed by atoms with Gasteiger partial charge in [-0.1, -0.05) is 65.2 Å². The molecule has 0 bridgehead atoms. The van der Waals surface area contributed by atoms with Gasteiger partial charge in [0.15, 0.2) is 5.78 Å². The highest BCUT2D eigenvalue weighted by Gasteiger charge is 2.04. The van der Waals surface area contributed by atoms with Crippen molar-refractivity contribution in [3.63, 3.8) is 0 Å². The lowest BCUT2D eigenvalue weighted by molar-refractivity contribution is 0.104. The first-order valence-electron chi connectivity index (χ1n) is 7.20. The molecule has 0 fully saturated rings. The Morgan fingerprint density at radius 1 is 0.870 bits per heavy atom. The summed E-state index contributed by atoms with van der Waals surface area (Å²) in [5.41, 5.74) is 2.66. The van der Waals surface area contributed by atoms with Gasteiger partial charge >= 0.3 is 0 Å². The van der Waals surface area contributed by atoms with E-state index in [4.69, 9.17) is 23.2 Å². The van der Waals surface area contributed by atoms with Crippen LogP contribution >= 0.6 is 23.2 Å². The summed E-state index contributed by atoms with van der Waals surface area (Å²) in [6.45, 7) is 2.05. The smallest absolute Gasteiger partial charge is 0.185 e. The van der Waals surface area contributed by atoms with Gasteiger partial charge in [-0.25, -0.2) is 0 Å². The van der Waals surface area contributed by atoms with Crippen molar-refractivity contribution in [1.29, 1.82) is 0 Å². The van der Waals surface area contributed by atoms with Crippen LogP contribution in [0, 0.1) is 6.92 Å². The third kappa shape index (κ3) is 3.82. The van der Waals surface area contributed by atoms with E-state index >= 15 is 0 Å². The average molecular weight is 341 g/mol. The van der Waals surface area contributed by atoms with Crippen LogP contribution in [0.3, 0.4) is 0 Å². The van der Waals surface area contributed by atoms with E-state index in [-0.39, 0.29) is 5.78 Å². The third-order valence-corrected chi connectivity index (χ3v) is 4.03. The van der Waals surface area contributed by atoms with Crippen molar-refractivity contribution >= 4 is 45.8 Å². The number of hydrogen-bond acceptors (Lipinski definition) is 1. The second-order valence-corrected chi connectivity index (χ2v) is 6.34. The van der Waals surface area contributed by atoms with Crippen LogP contribution in [0.2, 0.25) is 10.0 Å². The van der Waals surface area contributed by atoms with Crippen molar-refractivity contribution in [2.75, 3.05) is 0 Å². The van der Waals surface area contributed by atoms with E-state index in [1.165, 1.54) is 11.6 Å². The van der Waals surface area contributed by atoms with E-state index in [0.29, 0.717) is 15.6 Å². The first-order chi connectivity index (χ1) is 11.0. The van der Waals surface area contributed by atoms with Crippen LogP contribution < -0.4 is 0 Å². The van der Waals surface area contributed by atoms with E-state index in [0.717, 1.165) is 16.3 Å². The highest BCUT2D eigenvalue weighted by molar-refractivity contribution is 6.34. The molecule has 0 aromatic heterocycles. The van der Waals surface area contributed by atoms with Gasteiger partial charge in [0.2, 0.25) is 0 Å². The molecular formula is C20H14Cl2O. The molecule has 0 spiro atoms. The monoisotopic (exact) mass is 340 g/mol. The van der Waals surface area contributed by atoms with Gasteiger partial charge in [0.1, 0.15) is 0 Å². The zero-order chi connectivity index (χ0) is 16.4. The van der Waals surface area contributed by atoms with E-state index < -0.39 is 0 Å². The maximum absolute atomic E-state index is 12.3. The molecule has 3 heteroatoms. The molecule has 0 aliphatic rings. The van der Waals surface area contributed by atoms with E-state index in [1.807, 2.05) is 30.3 Å². The lowest BCUT2D eigenvalue weighted by Gasteiger charge is -2.02. The number of aryl methyl sites for hydroxylation is 1. The van der Waals surface area contributed by atoms with E-state index in [9.17, 15) is 4.79 Å². The fourth-order valence-electron chi connectivity index (χ4n) is 2.46. The van der Waals surface area contributed by atoms with Crippen molar-refractivity contribution in [3.8, 4) is 0 Å². The van der Waals surface area contributed by atoms with Crippen molar-refractivity contribution < 1.29 is 4.79 Å². The van der Waals surface area contributed by atoms with Gasteiger partial charge in [-0.15, -0.1) is 0 Å². The SMILES string of the molecule is Cc1ccc2cc(C(=O)/C=C/c3cc(Cl)cc(Cl)c3)ccc2c1. The van der Waals surface area contributed by atoms with Crippen LogP contribution in [-0.4, -0.2) is 5.78 Å². The standard InChI is InChI=1S/C20H14Cl2O/c1-13-2-4-16-11-17(6-5-15(16)8-13)20(23)7-3-14-9-18(21)12-19(22)10-14/h2-12H,1H3/b7-3+. The largest absolute Gasteiger partial charge is 0.289 e. The molecular weight excluding hydrogens is 327 g/mol. The number of carbonyl (C=O) groups excluding carboxylic acids is 1. The number of halogens is 2. The fourth-order valence-corrected chi connectivity index (χ4v) is 3.00. The van der Waals surface area contributed by atoms with Crippen molar-refractivity contribution in [1.82, 2.24) is 0 Å². The summed E-state index contributed by atoms with van der Waals surface area (Å²) in [5.74, 6) is -0.0522. The van der Waals surface area contributed by atoms with Crippen molar-refractivity contribution in [3.05, 3.63) is 87.4 Å². The highest BCUT2D eigenvalue weighted by Crippen LogP contribution is 2.21. The van der Waals surface area contributed by atoms with Crippen LogP contribution in [0.25, 0.3) is 16.8 Å². The van der Waals surface area contributed by atoms with Crippen LogP contribution in [0.4, 0.5) is 0 Å². The molecule has 114 valence electrons. The quantitative estimate of drug-likeness (QED) is 0.401. The van der Waals surface area contributed by atoms with Gasteiger partial charge in [-0.2, -0.15) is 0 Å². The zero-order valence-corrected chi connectivity index (χ0v) is 14.0. The first kappa shape index (κ1) is 15.8. The zero-order valence-electron chi connectivity index (χ0n) is 12.5. The number of hydrogen-bond donors (Lipinski definition) is 0. The summed E-state index contributed by atoms with van der Waals surface area (Å²) in [4.78, 5) is 12.3. The van der Waals surface area contributed by atoms with Gasteiger partial charge in [0.05, 0.1) is 0 Å². The number of benzene rings is 3. The minimum absolute atomic E-state index is 0.0522. The molecule has 0 aliphatic carbocycles. The first-order valence-corrected chi connectivity index (χ1v) is 7.96. The number of ketones is 1. The Balaban J connectivity index is 1.88. The van der Waals surface area contributed by atoms with Gasteiger partial charge in [0.25, 0.3) is 0 Å². The summed E-state index contributed by atoms with van der Waals surface area (Å²) in [6, 6.07) is 17.1. The number of carbonyl (C=O) groups is 1. The summed E-state index contributed by atoms with van der Waals surface area (Å²) in [7, 11) is 0. The molecule has 0 aliphatic heterocycles. The van der Waals surface area contributed by atoms with E-state index in [2.05, 4.69) is 13.0 Å². The Bertz CT molecular complexity index is 906. The Kier molecular flexibility index (Phi) is 4.51. The Labute approximate surface area is 145 Å². The molecule has 0 unspecified atom stereocenters. The molecule has 3 rings (SSSR count). The molecule has 1 nitrogen and oxygen atoms in total. The predicted molar refractivity (Wildman–Crippen MR) is 98.5 cm³/mol. The predicted octanol–water partition coefficient (Wildman–Crippen LogP) is 6.35. The van der Waals surface area contributed by atoms with Crippen LogP contribution in [0.15, 0.2) is 60.7 Å². The number of rotatable bonds is 3. The topological polar surface area (TPSA) is 17.1 Å². The lowest BCUT2D eigenvalue weighted by Crippen LogP contribution is -1.94. The Morgan fingerprint density at radius 2 is 1.52 bits per heavy atom. The highest BCUT2D eigenvalue weighted by atomic mass is 35.5. The van der Waals surface area contributed by atoms with Crippen LogP contribution in [-0.2, 0) is 0 Å². The van der Waals surface area contributed by atoms with Gasteiger partial charge in [0, 0.05) is 15.6 Å². The van der Waals surface area contributed by atoms with Gasteiger partial charge < -0.3 is 0 Å². The van der Waals surface area contributed by atoms with Crippen LogP contribution in [0.5, 0.6) is 0 Å². The van der Waals surface area contributed by atoms with Crippen LogP contribution in [0.1, 0.15) is 21.5 Å². The summed E-state index contributed by atoms with van der Waals surface area (Å²) in [6.07, 6.45) is 3.26. The third-order valence-electron chi connectivity index (χ3n) is 3.59. The second kappa shape index (κ2) is 6.57. The molecule has 0 atom stereocenters. The summed E-state index contributed by atoms with van der Waals surface area (Å²) >= 11 is 11.9. The second-order valence-electron chi connectivity index (χ2n) is 5.47. The van der Waals surface area contributed by atoms with Crippen molar-refractivity contribution in [2.45, 2.75) is 6.92 Å². The number of fused-ring (bicyclic) bond motifs is 1. The maximum Gasteiger partial charge on any atom is 0.185 e. The van der Waals surface area contributed by atoms with E-state index in [1.54, 1.807) is 24.3 Å². The summed E-state index contributed by atoms with van der Waals surface area (Å²) in [5, 5.41) is 3.28. The molecule has 0 amide bonds. The minimum Gasteiger partial charge on any atom is -0.289 e. The maximum atomic E-state index is 12.3. The van der Waals surface area contributed by atoms with Gasteiger partial charge in [-0.3, -0.25) is 4.79 Å². The molecule has 0 radical (unpaired) electrons. The summed E-state index contributed by atoms with van der Waals surface area (Å²) < 4.78 is 0. The Morgan fingerprint density at radius 3 is 2.26 bits per heavy atom. The minimum atomic E-state index is -0.0522. The normalized spacial score (nSPS) is 11.3. The molecule has 0 saturated heterocycles. The molecule has 0 heterocycles. The molecule has 0 N–H and O–H groups in total.